The summed E-state index contributed by atoms with van der Waals surface area (Å²) in [4.78, 5) is 40.0. The van der Waals surface area contributed by atoms with E-state index in [1.165, 1.54) is 0 Å². The van der Waals surface area contributed by atoms with Crippen molar-refractivity contribution in [3.05, 3.63) is 71.3 Å². The Bertz CT molecular complexity index is 1060. The molecule has 1 saturated carbocycles. The first kappa shape index (κ1) is 24.6. The molecule has 0 aromatic heterocycles. The highest BCUT2D eigenvalue weighted by atomic mass is 16.5. The Balaban J connectivity index is 1.25. The maximum absolute atomic E-state index is 13.3. The largest absolute Gasteiger partial charge is 0.461 e. The van der Waals surface area contributed by atoms with Crippen LogP contribution in [0.25, 0.3) is 0 Å². The van der Waals surface area contributed by atoms with Crippen molar-refractivity contribution in [2.24, 2.45) is 11.8 Å². The lowest BCUT2D eigenvalue weighted by atomic mass is 9.92. The van der Waals surface area contributed by atoms with Crippen LogP contribution >= 0.6 is 0 Å². The van der Waals surface area contributed by atoms with E-state index in [4.69, 9.17) is 10.1 Å². The summed E-state index contributed by atoms with van der Waals surface area (Å²) in [6.45, 7) is 2.93. The third-order valence-electron chi connectivity index (χ3n) is 6.87. The first-order valence-corrected chi connectivity index (χ1v) is 12.3. The van der Waals surface area contributed by atoms with Crippen LogP contribution in [0, 0.1) is 17.2 Å². The lowest BCUT2D eigenvalue weighted by Crippen LogP contribution is -2.59. The zero-order valence-corrected chi connectivity index (χ0v) is 20.2. The minimum atomic E-state index is -0.447. The van der Waals surface area contributed by atoms with Gasteiger partial charge in [-0.15, -0.1) is 0 Å². The highest BCUT2D eigenvalue weighted by Crippen LogP contribution is 2.41. The Morgan fingerprint density at radius 2 is 1.74 bits per heavy atom. The average Bonchev–Trinajstić information content (AvgIpc) is 3.67. The summed E-state index contributed by atoms with van der Waals surface area (Å²) in [7, 11) is 0. The molecule has 1 saturated heterocycles. The Morgan fingerprint density at radius 1 is 1.03 bits per heavy atom. The zero-order valence-electron chi connectivity index (χ0n) is 20.2. The monoisotopic (exact) mass is 475 g/mol. The molecule has 184 valence electrons. The van der Waals surface area contributed by atoms with E-state index in [1.807, 2.05) is 54.6 Å². The van der Waals surface area contributed by atoms with Gasteiger partial charge in [-0.2, -0.15) is 0 Å². The molecule has 0 unspecified atom stereocenters. The van der Waals surface area contributed by atoms with Crippen molar-refractivity contribution in [1.29, 1.82) is 5.41 Å². The van der Waals surface area contributed by atoms with E-state index in [0.29, 0.717) is 37.6 Å². The molecule has 2 fully saturated rings. The minimum absolute atomic E-state index is 0.0134. The fourth-order valence-electron chi connectivity index (χ4n) is 4.46. The normalized spacial score (nSPS) is 17.7. The number of esters is 1. The van der Waals surface area contributed by atoms with Gasteiger partial charge in [-0.25, -0.2) is 0 Å². The number of nitrogens with one attached hydrogen (secondary N) is 2. The van der Waals surface area contributed by atoms with Crippen LogP contribution in [0.2, 0.25) is 0 Å². The fourth-order valence-corrected chi connectivity index (χ4v) is 4.46. The number of benzene rings is 2. The van der Waals surface area contributed by atoms with Gasteiger partial charge in [-0.1, -0.05) is 54.6 Å². The van der Waals surface area contributed by atoms with Crippen molar-refractivity contribution in [1.82, 2.24) is 10.2 Å². The quantitative estimate of drug-likeness (QED) is 0.381. The second kappa shape index (κ2) is 11.3. The van der Waals surface area contributed by atoms with Gasteiger partial charge in [0.1, 0.15) is 12.6 Å². The number of rotatable bonds is 11. The van der Waals surface area contributed by atoms with E-state index in [-0.39, 0.29) is 36.7 Å². The van der Waals surface area contributed by atoms with Crippen molar-refractivity contribution in [2.45, 2.75) is 58.2 Å². The number of hydrogen-bond acceptors (Lipinski definition) is 5. The topological polar surface area (TPSA) is 99.6 Å². The molecule has 2 aromatic carbocycles. The zero-order chi connectivity index (χ0) is 24.8. The van der Waals surface area contributed by atoms with Crippen LogP contribution in [0.5, 0.6) is 0 Å². The first-order chi connectivity index (χ1) is 16.9. The van der Waals surface area contributed by atoms with Crippen molar-refractivity contribution < 1.29 is 19.1 Å². The SMILES string of the molecule is CC(=N)c1ccc(CNC(=O)[C@@H]2CCN2C(=O)[C@H](CCC(=O)OCc2ccccc2)C2CC2)cc1. The van der Waals surface area contributed by atoms with Crippen LogP contribution in [0.3, 0.4) is 0 Å². The molecule has 0 bridgehead atoms. The van der Waals surface area contributed by atoms with E-state index in [1.54, 1.807) is 11.8 Å². The maximum atomic E-state index is 13.3. The van der Waals surface area contributed by atoms with Gasteiger partial charge in [0.05, 0.1) is 0 Å². The summed E-state index contributed by atoms with van der Waals surface area (Å²) < 4.78 is 5.37. The Hall–Kier alpha value is -3.48. The number of carbonyl (C=O) groups is 3. The van der Waals surface area contributed by atoms with Crippen LogP contribution in [-0.4, -0.2) is 41.0 Å². The molecule has 2 amide bonds. The van der Waals surface area contributed by atoms with Crippen molar-refractivity contribution >= 4 is 23.5 Å². The molecule has 4 rings (SSSR count). The molecule has 0 radical (unpaired) electrons. The summed E-state index contributed by atoms with van der Waals surface area (Å²) in [6, 6.07) is 16.6. The van der Waals surface area contributed by atoms with Gasteiger partial charge in [0, 0.05) is 31.1 Å². The second-order valence-corrected chi connectivity index (χ2v) is 9.50. The molecule has 7 nitrogen and oxygen atoms in total. The third kappa shape index (κ3) is 6.56. The number of amides is 2. The van der Waals surface area contributed by atoms with E-state index >= 15 is 0 Å². The number of likely N-dealkylation sites (tertiary alicyclic amines) is 1. The van der Waals surface area contributed by atoms with E-state index < -0.39 is 6.04 Å². The Labute approximate surface area is 206 Å². The summed E-state index contributed by atoms with van der Waals surface area (Å²) in [6.07, 6.45) is 3.30. The minimum Gasteiger partial charge on any atom is -0.461 e. The summed E-state index contributed by atoms with van der Waals surface area (Å²) in [5.41, 5.74) is 3.24. The molecule has 0 spiro atoms. The Morgan fingerprint density at radius 3 is 2.34 bits per heavy atom. The Kier molecular flexibility index (Phi) is 7.95. The predicted octanol–water partition coefficient (Wildman–Crippen LogP) is 3.84. The second-order valence-electron chi connectivity index (χ2n) is 9.50. The molecule has 2 atom stereocenters. The summed E-state index contributed by atoms with van der Waals surface area (Å²) in [5, 5.41) is 10.6. The summed E-state index contributed by atoms with van der Waals surface area (Å²) >= 11 is 0. The lowest BCUT2D eigenvalue weighted by Gasteiger charge is -2.41. The number of ether oxygens (including phenoxy) is 1. The van der Waals surface area contributed by atoms with Crippen LogP contribution in [0.4, 0.5) is 0 Å². The lowest BCUT2D eigenvalue weighted by molar-refractivity contribution is -0.152. The molecule has 2 N–H and O–H groups in total. The maximum Gasteiger partial charge on any atom is 0.306 e. The average molecular weight is 476 g/mol. The molecular formula is C28H33N3O4. The molecule has 2 aliphatic rings. The molecule has 7 heteroatoms. The van der Waals surface area contributed by atoms with Crippen LogP contribution in [0.1, 0.15) is 55.7 Å². The smallest absolute Gasteiger partial charge is 0.306 e. The van der Waals surface area contributed by atoms with E-state index in [9.17, 15) is 14.4 Å². The van der Waals surface area contributed by atoms with Crippen LogP contribution in [-0.2, 0) is 32.3 Å². The van der Waals surface area contributed by atoms with Gasteiger partial charge in [0.2, 0.25) is 11.8 Å². The van der Waals surface area contributed by atoms with Crippen molar-refractivity contribution in [3.8, 4) is 0 Å². The first-order valence-electron chi connectivity index (χ1n) is 12.3. The van der Waals surface area contributed by atoms with Gasteiger partial charge in [0.15, 0.2) is 0 Å². The summed E-state index contributed by atoms with van der Waals surface area (Å²) in [5.74, 6) is -0.389. The molecule has 1 heterocycles. The van der Waals surface area contributed by atoms with Gasteiger partial charge in [-0.3, -0.25) is 14.4 Å². The van der Waals surface area contributed by atoms with Gasteiger partial charge in [-0.05, 0) is 55.2 Å². The van der Waals surface area contributed by atoms with Crippen molar-refractivity contribution in [2.75, 3.05) is 6.54 Å². The third-order valence-corrected chi connectivity index (χ3v) is 6.87. The molecule has 1 aliphatic carbocycles. The standard InChI is InChI=1S/C28H33N3O4/c1-19(29)22-9-7-20(8-10-22)17-30-27(33)25-15-16-31(25)28(34)24(23-11-12-23)13-14-26(32)35-18-21-5-3-2-4-6-21/h2-10,23-25,29H,11-18H2,1H3,(H,30,33)/t24-,25+/m1/s1. The van der Waals surface area contributed by atoms with Crippen LogP contribution in [0.15, 0.2) is 54.6 Å². The molecule has 35 heavy (non-hydrogen) atoms. The van der Waals surface area contributed by atoms with Gasteiger partial charge < -0.3 is 20.4 Å². The number of nitrogens with zero attached hydrogens (tertiary/aromatic N) is 1. The number of carbonyl (C=O) groups excluding carboxylic acids is 3. The fraction of sp³-hybridized carbons (Fsp3) is 0.429. The molecule has 1 aliphatic heterocycles. The van der Waals surface area contributed by atoms with Gasteiger partial charge in [0.25, 0.3) is 0 Å². The molecular weight excluding hydrogens is 442 g/mol. The van der Waals surface area contributed by atoms with E-state index in [0.717, 1.165) is 29.5 Å². The van der Waals surface area contributed by atoms with E-state index in [2.05, 4.69) is 5.32 Å². The van der Waals surface area contributed by atoms with Crippen LogP contribution < -0.4 is 5.32 Å². The highest BCUT2D eigenvalue weighted by Gasteiger charge is 2.44. The van der Waals surface area contributed by atoms with Crippen molar-refractivity contribution in [3.63, 3.8) is 0 Å². The predicted molar refractivity (Wildman–Crippen MR) is 133 cm³/mol. The van der Waals surface area contributed by atoms with Gasteiger partial charge >= 0.3 is 5.97 Å². The number of hydrogen-bond donors (Lipinski definition) is 2. The highest BCUT2D eigenvalue weighted by molar-refractivity contribution is 5.96. The molecule has 2 aromatic rings.